The molecule has 162 valence electrons. The van der Waals surface area contributed by atoms with Gasteiger partial charge in [0.1, 0.15) is 11.4 Å². The van der Waals surface area contributed by atoms with Gasteiger partial charge in [-0.1, -0.05) is 41.9 Å². The molecule has 3 rings (SSSR count). The minimum absolute atomic E-state index is 0.131. The van der Waals surface area contributed by atoms with Crippen LogP contribution >= 0.6 is 11.6 Å². The summed E-state index contributed by atoms with van der Waals surface area (Å²) in [4.78, 5) is 24.7. The second-order valence-electron chi connectivity index (χ2n) is 7.83. The van der Waals surface area contributed by atoms with Crippen LogP contribution in [0, 0.1) is 0 Å². The number of para-hydroxylation sites is 1. The lowest BCUT2D eigenvalue weighted by atomic mass is 10.1. The van der Waals surface area contributed by atoms with Crippen LogP contribution in [-0.2, 0) is 16.0 Å². The van der Waals surface area contributed by atoms with E-state index in [-0.39, 0.29) is 5.69 Å². The Balaban J connectivity index is 1.98. The van der Waals surface area contributed by atoms with E-state index in [1.165, 1.54) is 7.11 Å². The van der Waals surface area contributed by atoms with E-state index >= 15 is 0 Å². The molecule has 0 aliphatic carbocycles. The van der Waals surface area contributed by atoms with E-state index in [9.17, 15) is 9.59 Å². The van der Waals surface area contributed by atoms with Crippen molar-refractivity contribution in [3.05, 3.63) is 76.4 Å². The molecular formula is C23H24ClN3O4. The maximum atomic E-state index is 12.7. The lowest BCUT2D eigenvalue weighted by Gasteiger charge is -2.21. The number of hydrogen-bond donors (Lipinski definition) is 1. The Morgan fingerprint density at radius 1 is 1.06 bits per heavy atom. The summed E-state index contributed by atoms with van der Waals surface area (Å²) in [6.45, 7) is 5.74. The van der Waals surface area contributed by atoms with Gasteiger partial charge >= 0.3 is 11.9 Å². The van der Waals surface area contributed by atoms with E-state index in [0.717, 1.165) is 5.56 Å². The molecular weight excluding hydrogens is 418 g/mol. The lowest BCUT2D eigenvalue weighted by molar-refractivity contribution is 0.00705. The van der Waals surface area contributed by atoms with E-state index in [2.05, 4.69) is 10.4 Å². The molecule has 0 aliphatic heterocycles. The second-order valence-corrected chi connectivity index (χ2v) is 8.24. The highest BCUT2D eigenvalue weighted by atomic mass is 35.5. The number of hydrogen-bond acceptors (Lipinski definition) is 6. The highest BCUT2D eigenvalue weighted by molar-refractivity contribution is 6.31. The largest absolute Gasteiger partial charge is 0.464 e. The summed E-state index contributed by atoms with van der Waals surface area (Å²) in [5.74, 6) is -0.529. The molecule has 3 aromatic rings. The second kappa shape index (κ2) is 9.22. The average molecular weight is 442 g/mol. The topological polar surface area (TPSA) is 82.5 Å². The van der Waals surface area contributed by atoms with E-state index in [1.807, 2.05) is 39.0 Å². The van der Waals surface area contributed by atoms with E-state index < -0.39 is 17.5 Å². The molecule has 1 N–H and O–H groups in total. The Morgan fingerprint density at radius 3 is 2.42 bits per heavy atom. The van der Waals surface area contributed by atoms with Crippen molar-refractivity contribution >= 4 is 35.0 Å². The zero-order valence-electron chi connectivity index (χ0n) is 17.8. The van der Waals surface area contributed by atoms with Crippen molar-refractivity contribution in [2.24, 2.45) is 0 Å². The molecule has 0 amide bonds. The molecule has 0 spiro atoms. The molecule has 0 saturated carbocycles. The number of aromatic nitrogens is 2. The minimum Gasteiger partial charge on any atom is -0.464 e. The monoisotopic (exact) mass is 441 g/mol. The van der Waals surface area contributed by atoms with Crippen LogP contribution in [0.25, 0.3) is 0 Å². The first-order chi connectivity index (χ1) is 14.7. The molecule has 7 nitrogen and oxygen atoms in total. The first-order valence-electron chi connectivity index (χ1n) is 9.67. The number of anilines is 2. The van der Waals surface area contributed by atoms with Crippen LogP contribution in [-0.4, -0.2) is 34.4 Å². The first-order valence-corrected chi connectivity index (χ1v) is 10.0. The van der Waals surface area contributed by atoms with Crippen LogP contribution in [0.15, 0.2) is 54.6 Å². The number of esters is 2. The van der Waals surface area contributed by atoms with Crippen LogP contribution in [0.5, 0.6) is 0 Å². The Morgan fingerprint density at radius 2 is 1.74 bits per heavy atom. The van der Waals surface area contributed by atoms with Crippen molar-refractivity contribution in [1.29, 1.82) is 0 Å². The molecule has 8 heteroatoms. The Kier molecular flexibility index (Phi) is 6.65. The molecule has 2 aromatic carbocycles. The number of rotatable bonds is 6. The van der Waals surface area contributed by atoms with Gasteiger partial charge in [-0.25, -0.2) is 14.3 Å². The van der Waals surface area contributed by atoms with Crippen molar-refractivity contribution in [2.75, 3.05) is 12.4 Å². The normalized spacial score (nSPS) is 11.1. The number of halogens is 1. The van der Waals surface area contributed by atoms with Crippen molar-refractivity contribution in [2.45, 2.75) is 32.9 Å². The molecule has 1 heterocycles. The number of nitrogens with one attached hydrogen (secondary N) is 1. The van der Waals surface area contributed by atoms with Gasteiger partial charge in [0.25, 0.3) is 0 Å². The van der Waals surface area contributed by atoms with E-state index in [4.69, 9.17) is 21.1 Å². The maximum Gasteiger partial charge on any atom is 0.358 e. The van der Waals surface area contributed by atoms with Crippen LogP contribution < -0.4 is 5.32 Å². The Hall–Kier alpha value is -3.32. The van der Waals surface area contributed by atoms with Crippen molar-refractivity contribution in [3.8, 4) is 0 Å². The summed E-state index contributed by atoms with van der Waals surface area (Å²) in [6.07, 6.45) is 0. The zero-order chi connectivity index (χ0) is 22.6. The third-order valence-electron chi connectivity index (χ3n) is 4.26. The molecule has 0 aliphatic rings. The molecule has 0 saturated heterocycles. The van der Waals surface area contributed by atoms with Gasteiger partial charge in [-0.2, -0.15) is 5.10 Å². The van der Waals surface area contributed by atoms with Gasteiger partial charge in [-0.3, -0.25) is 0 Å². The Bertz CT molecular complexity index is 1100. The van der Waals surface area contributed by atoms with Crippen LogP contribution in [0.4, 0.5) is 11.5 Å². The lowest BCUT2D eigenvalue weighted by Crippen LogP contribution is -2.24. The molecule has 0 atom stereocenters. The summed E-state index contributed by atoms with van der Waals surface area (Å²) in [7, 11) is 1.29. The quantitative estimate of drug-likeness (QED) is 0.538. The standard InChI is InChI=1S/C23H24ClN3O4/c1-23(2,3)31-21(28)16-10-6-8-12-18(16)25-20-13-19(22(29)30-4)26-27(20)14-15-9-5-7-11-17(15)24/h5-13,25H,14H2,1-4H3. The van der Waals surface area contributed by atoms with Crippen molar-refractivity contribution < 1.29 is 19.1 Å². The highest BCUT2D eigenvalue weighted by Gasteiger charge is 2.22. The smallest absolute Gasteiger partial charge is 0.358 e. The molecule has 0 bridgehead atoms. The predicted molar refractivity (Wildman–Crippen MR) is 119 cm³/mol. The van der Waals surface area contributed by atoms with Gasteiger partial charge in [0, 0.05) is 11.1 Å². The van der Waals surface area contributed by atoms with Gasteiger partial charge in [0.05, 0.1) is 24.9 Å². The molecule has 0 fully saturated rings. The van der Waals surface area contributed by atoms with Crippen LogP contribution in [0.3, 0.4) is 0 Å². The molecule has 31 heavy (non-hydrogen) atoms. The average Bonchev–Trinajstić information content (AvgIpc) is 3.10. The fourth-order valence-electron chi connectivity index (χ4n) is 2.87. The molecule has 0 unspecified atom stereocenters. The number of methoxy groups -OCH3 is 1. The first kappa shape index (κ1) is 22.4. The summed E-state index contributed by atoms with van der Waals surface area (Å²) in [5, 5.41) is 8.13. The summed E-state index contributed by atoms with van der Waals surface area (Å²) < 4.78 is 11.9. The fourth-order valence-corrected chi connectivity index (χ4v) is 3.07. The van der Waals surface area contributed by atoms with Crippen molar-refractivity contribution in [1.82, 2.24) is 9.78 Å². The SMILES string of the molecule is COC(=O)c1cc(Nc2ccccc2C(=O)OC(C)(C)C)n(Cc2ccccc2Cl)n1. The molecule has 0 radical (unpaired) electrons. The highest BCUT2D eigenvalue weighted by Crippen LogP contribution is 2.26. The van der Waals surface area contributed by atoms with E-state index in [1.54, 1.807) is 41.1 Å². The number of carbonyl (C=O) groups is 2. The van der Waals surface area contributed by atoms with Crippen LogP contribution in [0.1, 0.15) is 47.2 Å². The van der Waals surface area contributed by atoms with Crippen molar-refractivity contribution in [3.63, 3.8) is 0 Å². The van der Waals surface area contributed by atoms with Gasteiger partial charge in [-0.15, -0.1) is 0 Å². The third-order valence-corrected chi connectivity index (χ3v) is 4.63. The zero-order valence-corrected chi connectivity index (χ0v) is 18.6. The Labute approximate surface area is 185 Å². The predicted octanol–water partition coefficient (Wildman–Crippen LogP) is 5.07. The fraction of sp³-hybridized carbons (Fsp3) is 0.261. The number of ether oxygens (including phenoxy) is 2. The van der Waals surface area contributed by atoms with Gasteiger partial charge < -0.3 is 14.8 Å². The van der Waals surface area contributed by atoms with Gasteiger partial charge in [0.2, 0.25) is 0 Å². The van der Waals surface area contributed by atoms with Crippen LogP contribution in [0.2, 0.25) is 5.02 Å². The minimum atomic E-state index is -0.631. The number of nitrogens with zero attached hydrogens (tertiary/aromatic N) is 2. The van der Waals surface area contributed by atoms with E-state index in [0.29, 0.717) is 28.6 Å². The summed E-state index contributed by atoms with van der Waals surface area (Å²) >= 11 is 6.30. The number of carbonyl (C=O) groups excluding carboxylic acids is 2. The molecule has 1 aromatic heterocycles. The summed E-state index contributed by atoms with van der Waals surface area (Å²) in [5.41, 5.74) is 1.21. The van der Waals surface area contributed by atoms with Gasteiger partial charge in [0.15, 0.2) is 5.69 Å². The number of benzene rings is 2. The van der Waals surface area contributed by atoms with Gasteiger partial charge in [-0.05, 0) is 44.5 Å². The third kappa shape index (κ3) is 5.64. The summed E-state index contributed by atoms with van der Waals surface area (Å²) in [6, 6.07) is 15.9. The maximum absolute atomic E-state index is 12.7.